The predicted molar refractivity (Wildman–Crippen MR) is 107 cm³/mol. The van der Waals surface area contributed by atoms with Crippen LogP contribution in [0.4, 0.5) is 0 Å². The van der Waals surface area contributed by atoms with Crippen LogP contribution in [-0.2, 0) is 11.8 Å². The van der Waals surface area contributed by atoms with Gasteiger partial charge in [0.2, 0.25) is 0 Å². The molecule has 26 heavy (non-hydrogen) atoms. The molecule has 2 aliphatic rings. The molecule has 0 bridgehead atoms. The number of benzene rings is 2. The lowest BCUT2D eigenvalue weighted by molar-refractivity contribution is 0.0390. The van der Waals surface area contributed by atoms with Crippen molar-refractivity contribution in [3.63, 3.8) is 0 Å². The largest absolute Gasteiger partial charge is 0.508 e. The molecular formula is C24H31NO. The number of phenols is 1. The highest BCUT2D eigenvalue weighted by Crippen LogP contribution is 2.51. The molecule has 2 fully saturated rings. The Morgan fingerprint density at radius 2 is 1.92 bits per heavy atom. The summed E-state index contributed by atoms with van der Waals surface area (Å²) in [5, 5.41) is 10.0. The van der Waals surface area contributed by atoms with Crippen LogP contribution in [0.3, 0.4) is 0 Å². The van der Waals surface area contributed by atoms with Gasteiger partial charge in [0, 0.05) is 18.5 Å². The normalized spacial score (nSPS) is 29.3. The first-order valence-electron chi connectivity index (χ1n) is 10.2. The number of fused-ring (bicyclic) bond motifs is 1. The molecule has 1 aliphatic carbocycles. The number of rotatable bonds is 4. The molecule has 1 heterocycles. The molecule has 2 aromatic rings. The smallest absolute Gasteiger partial charge is 0.115 e. The van der Waals surface area contributed by atoms with Crippen LogP contribution >= 0.6 is 0 Å². The zero-order valence-corrected chi connectivity index (χ0v) is 15.9. The maximum absolute atomic E-state index is 10.0. The molecule has 3 atom stereocenters. The van der Waals surface area contributed by atoms with Crippen molar-refractivity contribution < 1.29 is 5.11 Å². The summed E-state index contributed by atoms with van der Waals surface area (Å²) in [6.07, 6.45) is 6.30. The Morgan fingerprint density at radius 1 is 1.08 bits per heavy atom. The molecule has 2 heteroatoms. The van der Waals surface area contributed by atoms with Crippen LogP contribution in [0.5, 0.6) is 5.75 Å². The third kappa shape index (κ3) is 3.53. The third-order valence-corrected chi connectivity index (χ3v) is 6.84. The highest BCUT2D eigenvalue weighted by Gasteiger charge is 2.47. The van der Waals surface area contributed by atoms with Gasteiger partial charge in [0.05, 0.1) is 0 Å². The van der Waals surface area contributed by atoms with Gasteiger partial charge < -0.3 is 10.0 Å². The van der Waals surface area contributed by atoms with Gasteiger partial charge in [-0.15, -0.1) is 0 Å². The zero-order valence-electron chi connectivity index (χ0n) is 15.9. The van der Waals surface area contributed by atoms with Crippen LogP contribution in [0, 0.1) is 11.8 Å². The van der Waals surface area contributed by atoms with E-state index in [1.165, 1.54) is 49.9 Å². The van der Waals surface area contributed by atoms with E-state index in [0.717, 1.165) is 18.9 Å². The first kappa shape index (κ1) is 17.6. The fourth-order valence-electron chi connectivity index (χ4n) is 5.43. The van der Waals surface area contributed by atoms with Crippen LogP contribution in [0.1, 0.15) is 43.7 Å². The van der Waals surface area contributed by atoms with Gasteiger partial charge >= 0.3 is 0 Å². The van der Waals surface area contributed by atoms with E-state index < -0.39 is 0 Å². The van der Waals surface area contributed by atoms with Crippen molar-refractivity contribution in [2.45, 2.75) is 44.4 Å². The third-order valence-electron chi connectivity index (χ3n) is 6.84. The predicted octanol–water partition coefficient (Wildman–Crippen LogP) is 5.01. The Morgan fingerprint density at radius 3 is 2.73 bits per heavy atom. The van der Waals surface area contributed by atoms with E-state index in [0.29, 0.717) is 11.7 Å². The molecule has 1 N–H and O–H groups in total. The van der Waals surface area contributed by atoms with Crippen molar-refractivity contribution in [3.05, 3.63) is 65.7 Å². The van der Waals surface area contributed by atoms with Crippen LogP contribution < -0.4 is 0 Å². The Hall–Kier alpha value is -1.80. The van der Waals surface area contributed by atoms with E-state index in [1.807, 2.05) is 12.1 Å². The van der Waals surface area contributed by atoms with Gasteiger partial charge in [0.15, 0.2) is 0 Å². The van der Waals surface area contributed by atoms with Crippen molar-refractivity contribution in [3.8, 4) is 5.75 Å². The summed E-state index contributed by atoms with van der Waals surface area (Å²) < 4.78 is 0. The number of phenolic OH excluding ortho intramolecular Hbond substituents is 1. The molecule has 0 aromatic heterocycles. The Balaban J connectivity index is 1.50. The average molecular weight is 350 g/mol. The molecule has 138 valence electrons. The van der Waals surface area contributed by atoms with Gasteiger partial charge in [0.25, 0.3) is 0 Å². The molecular weight excluding hydrogens is 318 g/mol. The van der Waals surface area contributed by atoms with E-state index in [9.17, 15) is 5.11 Å². The average Bonchev–Trinajstić information content (AvgIpc) is 2.67. The second-order valence-corrected chi connectivity index (χ2v) is 8.58. The van der Waals surface area contributed by atoms with E-state index in [-0.39, 0.29) is 5.41 Å². The first-order chi connectivity index (χ1) is 12.7. The summed E-state index contributed by atoms with van der Waals surface area (Å²) in [7, 11) is 0. The molecule has 1 saturated carbocycles. The van der Waals surface area contributed by atoms with Crippen LogP contribution in [0.2, 0.25) is 0 Å². The van der Waals surface area contributed by atoms with E-state index in [4.69, 9.17) is 0 Å². The summed E-state index contributed by atoms with van der Waals surface area (Å²) >= 11 is 0. The summed E-state index contributed by atoms with van der Waals surface area (Å²) in [6, 6.07) is 19.0. The maximum atomic E-state index is 10.0. The molecule has 0 amide bonds. The van der Waals surface area contributed by atoms with E-state index in [2.05, 4.69) is 48.2 Å². The van der Waals surface area contributed by atoms with Crippen molar-refractivity contribution in [2.24, 2.45) is 11.8 Å². The van der Waals surface area contributed by atoms with E-state index in [1.54, 1.807) is 6.07 Å². The lowest BCUT2D eigenvalue weighted by atomic mass is 9.57. The van der Waals surface area contributed by atoms with Crippen molar-refractivity contribution in [2.75, 3.05) is 19.6 Å². The fourth-order valence-corrected chi connectivity index (χ4v) is 5.43. The lowest BCUT2D eigenvalue weighted by Crippen LogP contribution is -2.52. The van der Waals surface area contributed by atoms with Crippen molar-refractivity contribution in [1.82, 2.24) is 4.90 Å². The number of aromatic hydroxyl groups is 1. The minimum atomic E-state index is 0.264. The minimum Gasteiger partial charge on any atom is -0.508 e. The summed E-state index contributed by atoms with van der Waals surface area (Å²) in [4.78, 5) is 2.68. The highest BCUT2D eigenvalue weighted by atomic mass is 16.3. The topological polar surface area (TPSA) is 23.5 Å². The quantitative estimate of drug-likeness (QED) is 0.838. The Labute approximate surface area is 157 Å². The fraction of sp³-hybridized carbons (Fsp3) is 0.500. The van der Waals surface area contributed by atoms with Gasteiger partial charge in [-0.1, -0.05) is 55.8 Å². The highest BCUT2D eigenvalue weighted by molar-refractivity contribution is 5.35. The number of hydrogen-bond donors (Lipinski definition) is 1. The standard InChI is InChI=1S/C24H31NO/c1-19-10-11-22-18-25(14-12-20-6-3-2-4-7-20)15-13-24(22,17-19)21-8-5-9-23(26)16-21/h2-9,16,19,22,26H,10-15,17-18H2,1H3. The number of piperidine rings is 1. The molecule has 3 unspecified atom stereocenters. The molecule has 0 spiro atoms. The Bertz CT molecular complexity index is 728. The number of nitrogens with zero attached hydrogens (tertiary/aromatic N) is 1. The SMILES string of the molecule is CC1CCC2CN(CCc3ccccc3)CCC2(c2cccc(O)c2)C1. The van der Waals surface area contributed by atoms with Gasteiger partial charge in [0.1, 0.15) is 5.75 Å². The summed E-state index contributed by atoms with van der Waals surface area (Å²) in [5.41, 5.74) is 3.07. The van der Waals surface area contributed by atoms with Gasteiger partial charge in [-0.3, -0.25) is 0 Å². The molecule has 1 saturated heterocycles. The maximum Gasteiger partial charge on any atom is 0.115 e. The summed E-state index contributed by atoms with van der Waals surface area (Å²) in [5.74, 6) is 1.91. The monoisotopic (exact) mass is 349 g/mol. The molecule has 2 nitrogen and oxygen atoms in total. The second kappa shape index (κ2) is 7.44. The second-order valence-electron chi connectivity index (χ2n) is 8.58. The van der Waals surface area contributed by atoms with Gasteiger partial charge in [-0.2, -0.15) is 0 Å². The zero-order chi connectivity index (χ0) is 18.0. The van der Waals surface area contributed by atoms with Gasteiger partial charge in [-0.05, 0) is 67.3 Å². The molecule has 1 aliphatic heterocycles. The van der Waals surface area contributed by atoms with E-state index >= 15 is 0 Å². The summed E-state index contributed by atoms with van der Waals surface area (Å²) in [6.45, 7) is 5.94. The van der Waals surface area contributed by atoms with Gasteiger partial charge in [-0.25, -0.2) is 0 Å². The lowest BCUT2D eigenvalue weighted by Gasteiger charge is -2.53. The molecule has 2 aromatic carbocycles. The molecule has 0 radical (unpaired) electrons. The van der Waals surface area contributed by atoms with Crippen molar-refractivity contribution >= 4 is 0 Å². The minimum absolute atomic E-state index is 0.264. The van der Waals surface area contributed by atoms with Crippen molar-refractivity contribution in [1.29, 1.82) is 0 Å². The number of likely N-dealkylation sites (tertiary alicyclic amines) is 1. The molecule has 4 rings (SSSR count). The Kier molecular flexibility index (Phi) is 5.04. The number of hydrogen-bond acceptors (Lipinski definition) is 2. The van der Waals surface area contributed by atoms with Crippen LogP contribution in [0.25, 0.3) is 0 Å². The van der Waals surface area contributed by atoms with Crippen LogP contribution in [0.15, 0.2) is 54.6 Å². The first-order valence-corrected chi connectivity index (χ1v) is 10.2. The van der Waals surface area contributed by atoms with Crippen LogP contribution in [-0.4, -0.2) is 29.6 Å².